The number of hydrogen-bond acceptors (Lipinski definition) is 4. The first-order valence-corrected chi connectivity index (χ1v) is 7.96. The molecule has 1 atom stereocenters. The van der Waals surface area contributed by atoms with E-state index < -0.39 is 0 Å². The topological polar surface area (TPSA) is 85.8 Å². The number of amides is 1. The number of pyridine rings is 1. The minimum absolute atomic E-state index is 0.0306. The summed E-state index contributed by atoms with van der Waals surface area (Å²) >= 11 is 0. The minimum Gasteiger partial charge on any atom is -0.326 e. The standard InChI is InChI=1S/C17H25N5O/c1-12(2)5-4-6-15(18)13-7-14(9-19-8-13)17-16(20-11-23)10-21-22(17)3/h7-12,15H,4-6,18H2,1-3H3,(H,20,23). The van der Waals surface area contributed by atoms with Gasteiger partial charge in [-0.1, -0.05) is 26.7 Å². The van der Waals surface area contributed by atoms with Crippen molar-refractivity contribution in [3.8, 4) is 11.3 Å². The molecule has 124 valence electrons. The van der Waals surface area contributed by atoms with Crippen LogP contribution in [0.1, 0.15) is 44.7 Å². The zero-order chi connectivity index (χ0) is 16.8. The number of carbonyl (C=O) groups excluding carboxylic acids is 1. The van der Waals surface area contributed by atoms with Crippen molar-refractivity contribution in [1.82, 2.24) is 14.8 Å². The number of anilines is 1. The molecule has 0 saturated carbocycles. The number of aromatic nitrogens is 3. The van der Waals surface area contributed by atoms with Crippen molar-refractivity contribution in [2.24, 2.45) is 18.7 Å². The lowest BCUT2D eigenvalue weighted by Crippen LogP contribution is -2.11. The lowest BCUT2D eigenvalue weighted by atomic mass is 9.98. The Morgan fingerprint density at radius 1 is 1.30 bits per heavy atom. The molecule has 6 nitrogen and oxygen atoms in total. The second-order valence-electron chi connectivity index (χ2n) is 6.23. The third-order valence-corrected chi connectivity index (χ3v) is 3.91. The number of rotatable bonds is 8. The molecule has 6 heteroatoms. The van der Waals surface area contributed by atoms with Crippen LogP contribution in [0.25, 0.3) is 11.3 Å². The summed E-state index contributed by atoms with van der Waals surface area (Å²) in [7, 11) is 1.83. The van der Waals surface area contributed by atoms with Crippen molar-refractivity contribution in [2.45, 2.75) is 39.2 Å². The SMILES string of the molecule is CC(C)CCCC(N)c1cncc(-c2c(NC=O)cnn2C)c1. The summed E-state index contributed by atoms with van der Waals surface area (Å²) in [6.45, 7) is 4.44. The van der Waals surface area contributed by atoms with Crippen LogP contribution in [-0.2, 0) is 11.8 Å². The van der Waals surface area contributed by atoms with E-state index >= 15 is 0 Å². The van der Waals surface area contributed by atoms with Crippen LogP contribution in [0.5, 0.6) is 0 Å². The summed E-state index contributed by atoms with van der Waals surface area (Å²) in [6, 6.07) is 2.00. The largest absolute Gasteiger partial charge is 0.326 e. The van der Waals surface area contributed by atoms with Gasteiger partial charge in [-0.15, -0.1) is 0 Å². The molecular formula is C17H25N5O. The van der Waals surface area contributed by atoms with E-state index in [2.05, 4.69) is 29.2 Å². The molecule has 0 aliphatic carbocycles. The second kappa shape index (κ2) is 7.87. The minimum atomic E-state index is -0.0306. The third-order valence-electron chi connectivity index (χ3n) is 3.91. The normalized spacial score (nSPS) is 12.4. The summed E-state index contributed by atoms with van der Waals surface area (Å²) in [5.41, 5.74) is 9.68. The fourth-order valence-corrected chi connectivity index (χ4v) is 2.65. The van der Waals surface area contributed by atoms with Gasteiger partial charge in [0.25, 0.3) is 0 Å². The smallest absolute Gasteiger partial charge is 0.211 e. The Labute approximate surface area is 137 Å². The molecule has 0 radical (unpaired) electrons. The Kier molecular flexibility index (Phi) is 5.87. The summed E-state index contributed by atoms with van der Waals surface area (Å²) in [4.78, 5) is 15.0. The molecule has 0 aliphatic rings. The molecule has 0 saturated heterocycles. The number of carbonyl (C=O) groups is 1. The predicted molar refractivity (Wildman–Crippen MR) is 91.7 cm³/mol. The van der Waals surface area contributed by atoms with Gasteiger partial charge in [-0.25, -0.2) is 0 Å². The Hall–Kier alpha value is -2.21. The molecule has 0 aliphatic heterocycles. The fraction of sp³-hybridized carbons (Fsp3) is 0.471. The van der Waals surface area contributed by atoms with Crippen LogP contribution >= 0.6 is 0 Å². The van der Waals surface area contributed by atoms with Gasteiger partial charge in [-0.2, -0.15) is 5.10 Å². The summed E-state index contributed by atoms with van der Waals surface area (Å²) in [6.07, 6.45) is 9.06. The highest BCUT2D eigenvalue weighted by Crippen LogP contribution is 2.29. The van der Waals surface area contributed by atoms with Gasteiger partial charge in [0.2, 0.25) is 6.41 Å². The van der Waals surface area contributed by atoms with Gasteiger partial charge >= 0.3 is 0 Å². The average molecular weight is 315 g/mol. The Balaban J connectivity index is 2.20. The lowest BCUT2D eigenvalue weighted by Gasteiger charge is -2.14. The van der Waals surface area contributed by atoms with Crippen LogP contribution < -0.4 is 11.1 Å². The number of aryl methyl sites for hydroxylation is 1. The number of hydrogen-bond donors (Lipinski definition) is 2. The van der Waals surface area contributed by atoms with Crippen molar-refractivity contribution in [3.63, 3.8) is 0 Å². The van der Waals surface area contributed by atoms with Crippen molar-refractivity contribution in [3.05, 3.63) is 30.2 Å². The van der Waals surface area contributed by atoms with Crippen LogP contribution in [0.2, 0.25) is 0 Å². The predicted octanol–water partition coefficient (Wildman–Crippen LogP) is 2.88. The van der Waals surface area contributed by atoms with E-state index in [0.717, 1.165) is 29.7 Å². The monoisotopic (exact) mass is 315 g/mol. The summed E-state index contributed by atoms with van der Waals surface area (Å²) in [5, 5.41) is 6.86. The highest BCUT2D eigenvalue weighted by molar-refractivity contribution is 5.82. The molecule has 23 heavy (non-hydrogen) atoms. The maximum absolute atomic E-state index is 10.7. The van der Waals surface area contributed by atoms with Gasteiger partial charge in [0.05, 0.1) is 17.6 Å². The van der Waals surface area contributed by atoms with E-state index in [1.807, 2.05) is 19.3 Å². The fourth-order valence-electron chi connectivity index (χ4n) is 2.65. The summed E-state index contributed by atoms with van der Waals surface area (Å²) < 4.78 is 1.72. The van der Waals surface area contributed by atoms with E-state index in [1.54, 1.807) is 17.1 Å². The summed E-state index contributed by atoms with van der Waals surface area (Å²) in [5.74, 6) is 0.693. The van der Waals surface area contributed by atoms with Crippen molar-refractivity contribution in [1.29, 1.82) is 0 Å². The quantitative estimate of drug-likeness (QED) is 0.733. The maximum atomic E-state index is 10.7. The van der Waals surface area contributed by atoms with Crippen molar-refractivity contribution < 1.29 is 4.79 Å². The van der Waals surface area contributed by atoms with Crippen LogP contribution in [0.15, 0.2) is 24.7 Å². The Morgan fingerprint density at radius 3 is 2.78 bits per heavy atom. The van der Waals surface area contributed by atoms with E-state index in [1.165, 1.54) is 6.42 Å². The zero-order valence-corrected chi connectivity index (χ0v) is 14.0. The van der Waals surface area contributed by atoms with Crippen LogP contribution in [-0.4, -0.2) is 21.2 Å². The van der Waals surface area contributed by atoms with E-state index in [4.69, 9.17) is 5.73 Å². The number of nitrogens with two attached hydrogens (primary N) is 1. The van der Waals surface area contributed by atoms with Gasteiger partial charge in [-0.05, 0) is 24.0 Å². The molecule has 0 fully saturated rings. The van der Waals surface area contributed by atoms with Crippen LogP contribution in [0.4, 0.5) is 5.69 Å². The highest BCUT2D eigenvalue weighted by atomic mass is 16.1. The molecule has 3 N–H and O–H groups in total. The molecule has 2 heterocycles. The van der Waals surface area contributed by atoms with Gasteiger partial charge in [0, 0.05) is 31.0 Å². The maximum Gasteiger partial charge on any atom is 0.211 e. The third kappa shape index (κ3) is 4.39. The van der Waals surface area contributed by atoms with Gasteiger partial charge in [0.15, 0.2) is 0 Å². The second-order valence-corrected chi connectivity index (χ2v) is 6.23. The molecule has 2 rings (SSSR count). The Bertz CT molecular complexity index is 650. The lowest BCUT2D eigenvalue weighted by molar-refractivity contribution is -0.105. The van der Waals surface area contributed by atoms with Gasteiger partial charge in [0.1, 0.15) is 0 Å². The highest BCUT2D eigenvalue weighted by Gasteiger charge is 2.14. The van der Waals surface area contributed by atoms with E-state index in [-0.39, 0.29) is 6.04 Å². The number of nitrogens with one attached hydrogen (secondary N) is 1. The zero-order valence-electron chi connectivity index (χ0n) is 14.0. The molecule has 1 amide bonds. The molecule has 1 unspecified atom stereocenters. The van der Waals surface area contributed by atoms with E-state index in [9.17, 15) is 4.79 Å². The molecule has 0 bridgehead atoms. The molecule has 0 aromatic carbocycles. The van der Waals surface area contributed by atoms with Crippen molar-refractivity contribution >= 4 is 12.1 Å². The van der Waals surface area contributed by atoms with Crippen LogP contribution in [0.3, 0.4) is 0 Å². The van der Waals surface area contributed by atoms with Gasteiger partial charge < -0.3 is 11.1 Å². The Morgan fingerprint density at radius 2 is 2.09 bits per heavy atom. The first-order valence-electron chi connectivity index (χ1n) is 7.96. The first-order chi connectivity index (χ1) is 11.0. The molecule has 2 aromatic heterocycles. The molecular weight excluding hydrogens is 290 g/mol. The average Bonchev–Trinajstić information content (AvgIpc) is 2.88. The molecule has 2 aromatic rings. The van der Waals surface area contributed by atoms with Gasteiger partial charge in [-0.3, -0.25) is 14.5 Å². The van der Waals surface area contributed by atoms with Crippen molar-refractivity contribution in [2.75, 3.05) is 5.32 Å². The first kappa shape index (κ1) is 17.1. The molecule has 0 spiro atoms. The number of nitrogens with zero attached hydrogens (tertiary/aromatic N) is 3. The van der Waals surface area contributed by atoms with Crippen LogP contribution in [0, 0.1) is 5.92 Å². The van der Waals surface area contributed by atoms with E-state index in [0.29, 0.717) is 18.0 Å².